The number of hydrogen-bond donors (Lipinski definition) is 2. The molecule has 2 fully saturated rings. The molecule has 0 bridgehead atoms. The largest absolute Gasteiger partial charge is 0.480 e. The molecule has 2 rings (SSSR count). The summed E-state index contributed by atoms with van der Waals surface area (Å²) in [5.41, 5.74) is -1.34. The molecule has 0 spiro atoms. The van der Waals surface area contributed by atoms with Crippen molar-refractivity contribution in [1.82, 2.24) is 10.2 Å². The first-order chi connectivity index (χ1) is 9.88. The molecule has 1 aliphatic carbocycles. The molecular weight excluding hydrogens is 276 g/mol. The van der Waals surface area contributed by atoms with E-state index in [4.69, 9.17) is 4.74 Å². The highest BCUT2D eigenvalue weighted by molar-refractivity contribution is 6.04. The van der Waals surface area contributed by atoms with E-state index in [-0.39, 0.29) is 25.1 Å². The van der Waals surface area contributed by atoms with Crippen LogP contribution in [0.25, 0.3) is 0 Å². The van der Waals surface area contributed by atoms with Crippen molar-refractivity contribution in [1.29, 1.82) is 0 Å². The highest BCUT2D eigenvalue weighted by atomic mass is 16.5. The van der Waals surface area contributed by atoms with E-state index in [2.05, 4.69) is 5.32 Å². The van der Waals surface area contributed by atoms with Crippen molar-refractivity contribution in [3.8, 4) is 0 Å². The van der Waals surface area contributed by atoms with Gasteiger partial charge in [-0.25, -0.2) is 0 Å². The molecule has 1 unspecified atom stereocenters. The van der Waals surface area contributed by atoms with Gasteiger partial charge in [-0.2, -0.15) is 0 Å². The Labute approximate surface area is 123 Å². The van der Waals surface area contributed by atoms with Crippen molar-refractivity contribution < 1.29 is 24.2 Å². The number of carbonyl (C=O) groups is 3. The van der Waals surface area contributed by atoms with Crippen LogP contribution in [0.1, 0.15) is 33.1 Å². The first kappa shape index (κ1) is 15.8. The molecule has 2 amide bonds. The highest BCUT2D eigenvalue weighted by Crippen LogP contribution is 2.43. The van der Waals surface area contributed by atoms with Crippen molar-refractivity contribution in [2.24, 2.45) is 5.41 Å². The minimum atomic E-state index is -1.34. The van der Waals surface area contributed by atoms with Gasteiger partial charge in [0.25, 0.3) is 0 Å². The first-order valence-corrected chi connectivity index (χ1v) is 7.31. The van der Waals surface area contributed by atoms with E-state index in [1.165, 1.54) is 4.90 Å². The second-order valence-corrected chi connectivity index (χ2v) is 5.99. The maximum atomic E-state index is 12.7. The fourth-order valence-corrected chi connectivity index (χ4v) is 2.77. The molecule has 1 saturated carbocycles. The van der Waals surface area contributed by atoms with Gasteiger partial charge in [0.15, 0.2) is 0 Å². The zero-order chi connectivity index (χ0) is 15.6. The van der Waals surface area contributed by atoms with Gasteiger partial charge in [0, 0.05) is 12.6 Å². The SMILES string of the molecule is CC(C)NC(=O)C1COCCN1C(=O)C1(C(=O)O)CCC1. The maximum absolute atomic E-state index is 12.7. The summed E-state index contributed by atoms with van der Waals surface area (Å²) in [5.74, 6) is -1.83. The highest BCUT2D eigenvalue weighted by Gasteiger charge is 2.54. The summed E-state index contributed by atoms with van der Waals surface area (Å²) in [6, 6.07) is -0.793. The molecule has 7 heteroatoms. The molecule has 0 aromatic heterocycles. The number of morpholine rings is 1. The molecule has 21 heavy (non-hydrogen) atoms. The second-order valence-electron chi connectivity index (χ2n) is 5.99. The zero-order valence-electron chi connectivity index (χ0n) is 12.4. The predicted octanol–water partition coefficient (Wildman–Crippen LogP) is -0.00670. The lowest BCUT2D eigenvalue weighted by molar-refractivity contribution is -0.173. The first-order valence-electron chi connectivity index (χ1n) is 7.31. The Kier molecular flexibility index (Phi) is 4.51. The van der Waals surface area contributed by atoms with E-state index in [9.17, 15) is 19.5 Å². The molecule has 2 N–H and O–H groups in total. The fourth-order valence-electron chi connectivity index (χ4n) is 2.77. The lowest BCUT2D eigenvalue weighted by Crippen LogP contribution is -2.62. The van der Waals surface area contributed by atoms with Crippen LogP contribution < -0.4 is 5.32 Å². The third-order valence-electron chi connectivity index (χ3n) is 4.15. The van der Waals surface area contributed by atoms with Crippen LogP contribution in [0.5, 0.6) is 0 Å². The lowest BCUT2D eigenvalue weighted by atomic mass is 9.67. The van der Waals surface area contributed by atoms with Gasteiger partial charge in [-0.15, -0.1) is 0 Å². The molecule has 1 aliphatic heterocycles. The van der Waals surface area contributed by atoms with E-state index in [1.54, 1.807) is 0 Å². The number of carboxylic acid groups (broad SMARTS) is 1. The monoisotopic (exact) mass is 298 g/mol. The van der Waals surface area contributed by atoms with Crippen molar-refractivity contribution in [2.75, 3.05) is 19.8 Å². The van der Waals surface area contributed by atoms with Gasteiger partial charge in [-0.05, 0) is 26.7 Å². The zero-order valence-corrected chi connectivity index (χ0v) is 12.4. The standard InChI is InChI=1S/C14H22N2O5/c1-9(2)15-11(17)10-8-21-7-6-16(10)12(18)14(13(19)20)4-3-5-14/h9-10H,3-8H2,1-2H3,(H,15,17)(H,19,20). The molecule has 1 atom stereocenters. The van der Waals surface area contributed by atoms with E-state index >= 15 is 0 Å². The summed E-state index contributed by atoms with van der Waals surface area (Å²) in [6.45, 7) is 4.35. The number of ether oxygens (including phenoxy) is 1. The molecule has 2 aliphatic rings. The predicted molar refractivity (Wildman–Crippen MR) is 73.5 cm³/mol. The molecule has 1 heterocycles. The summed E-state index contributed by atoms with van der Waals surface area (Å²) < 4.78 is 5.29. The van der Waals surface area contributed by atoms with Crippen LogP contribution in [0, 0.1) is 5.41 Å². The molecule has 0 radical (unpaired) electrons. The Balaban J connectivity index is 2.16. The number of carboxylic acids is 1. The van der Waals surface area contributed by atoms with Crippen LogP contribution in [-0.4, -0.2) is 59.6 Å². The van der Waals surface area contributed by atoms with Crippen LogP contribution in [-0.2, 0) is 19.1 Å². The quantitative estimate of drug-likeness (QED) is 0.712. The van der Waals surface area contributed by atoms with Gasteiger partial charge in [0.05, 0.1) is 13.2 Å². The van der Waals surface area contributed by atoms with Gasteiger partial charge in [-0.3, -0.25) is 14.4 Å². The summed E-state index contributed by atoms with van der Waals surface area (Å²) in [7, 11) is 0. The van der Waals surface area contributed by atoms with Crippen LogP contribution >= 0.6 is 0 Å². The fraction of sp³-hybridized carbons (Fsp3) is 0.786. The average molecular weight is 298 g/mol. The lowest BCUT2D eigenvalue weighted by Gasteiger charge is -2.43. The number of hydrogen-bond acceptors (Lipinski definition) is 4. The second kappa shape index (κ2) is 6.01. The van der Waals surface area contributed by atoms with Crippen LogP contribution in [0.4, 0.5) is 0 Å². The smallest absolute Gasteiger partial charge is 0.319 e. The van der Waals surface area contributed by atoms with Crippen LogP contribution in [0.15, 0.2) is 0 Å². The van der Waals surface area contributed by atoms with Crippen molar-refractivity contribution in [3.63, 3.8) is 0 Å². The number of nitrogens with one attached hydrogen (secondary N) is 1. The Morgan fingerprint density at radius 1 is 1.33 bits per heavy atom. The van der Waals surface area contributed by atoms with Crippen molar-refractivity contribution in [2.45, 2.75) is 45.2 Å². The van der Waals surface area contributed by atoms with Gasteiger partial charge in [0.1, 0.15) is 11.5 Å². The molecule has 118 valence electrons. The Hall–Kier alpha value is -1.63. The molecule has 0 aromatic carbocycles. The Morgan fingerprint density at radius 2 is 2.00 bits per heavy atom. The van der Waals surface area contributed by atoms with Gasteiger partial charge >= 0.3 is 5.97 Å². The van der Waals surface area contributed by atoms with Gasteiger partial charge in [-0.1, -0.05) is 6.42 Å². The summed E-state index contributed by atoms with van der Waals surface area (Å²) in [4.78, 5) is 37.7. The number of nitrogens with zero attached hydrogens (tertiary/aromatic N) is 1. The molecule has 7 nitrogen and oxygen atoms in total. The minimum Gasteiger partial charge on any atom is -0.480 e. The molecule has 1 saturated heterocycles. The minimum absolute atomic E-state index is 0.0477. The van der Waals surface area contributed by atoms with E-state index in [0.717, 1.165) is 6.42 Å². The number of aliphatic carboxylic acids is 1. The molecular formula is C14H22N2O5. The Morgan fingerprint density at radius 3 is 2.48 bits per heavy atom. The number of amides is 2. The van der Waals surface area contributed by atoms with E-state index in [1.807, 2.05) is 13.8 Å². The summed E-state index contributed by atoms with van der Waals surface area (Å²) >= 11 is 0. The Bertz CT molecular complexity index is 445. The van der Waals surface area contributed by atoms with E-state index in [0.29, 0.717) is 19.4 Å². The van der Waals surface area contributed by atoms with Crippen molar-refractivity contribution >= 4 is 17.8 Å². The van der Waals surface area contributed by atoms with Crippen LogP contribution in [0.3, 0.4) is 0 Å². The number of carbonyl (C=O) groups excluding carboxylic acids is 2. The van der Waals surface area contributed by atoms with Gasteiger partial charge < -0.3 is 20.1 Å². The van der Waals surface area contributed by atoms with E-state index < -0.39 is 23.3 Å². The third kappa shape index (κ3) is 2.88. The van der Waals surface area contributed by atoms with Gasteiger partial charge in [0.2, 0.25) is 11.8 Å². The average Bonchev–Trinajstić information content (AvgIpc) is 2.36. The topological polar surface area (TPSA) is 95.9 Å². The molecule has 0 aromatic rings. The third-order valence-corrected chi connectivity index (χ3v) is 4.15. The summed E-state index contributed by atoms with van der Waals surface area (Å²) in [5, 5.41) is 12.1. The number of rotatable bonds is 4. The van der Waals surface area contributed by atoms with Crippen molar-refractivity contribution in [3.05, 3.63) is 0 Å². The maximum Gasteiger partial charge on any atom is 0.319 e. The normalized spacial score (nSPS) is 24.3. The van der Waals surface area contributed by atoms with Crippen LogP contribution in [0.2, 0.25) is 0 Å². The summed E-state index contributed by atoms with van der Waals surface area (Å²) in [6.07, 6.45) is 1.42.